The molecule has 0 heterocycles. The summed E-state index contributed by atoms with van der Waals surface area (Å²) < 4.78 is 10.4. The SMILES string of the molecule is COc1ccc(CNc2ccc(C=O)cc2[N+](=O)[O-])cc1OC. The summed E-state index contributed by atoms with van der Waals surface area (Å²) in [4.78, 5) is 21.3. The molecule has 7 nitrogen and oxygen atoms in total. The van der Waals surface area contributed by atoms with Crippen LogP contribution in [0.4, 0.5) is 11.4 Å². The first-order chi connectivity index (χ1) is 11.1. The smallest absolute Gasteiger partial charge is 0.293 e. The van der Waals surface area contributed by atoms with Crippen molar-refractivity contribution in [3.8, 4) is 11.5 Å². The molecule has 2 aromatic carbocycles. The molecule has 0 aromatic heterocycles. The quantitative estimate of drug-likeness (QED) is 0.479. The number of anilines is 1. The normalized spacial score (nSPS) is 10.0. The van der Waals surface area contributed by atoms with Crippen molar-refractivity contribution >= 4 is 17.7 Å². The van der Waals surface area contributed by atoms with Crippen molar-refractivity contribution in [2.75, 3.05) is 19.5 Å². The van der Waals surface area contributed by atoms with Crippen molar-refractivity contribution < 1.29 is 19.2 Å². The lowest BCUT2D eigenvalue weighted by Crippen LogP contribution is -2.04. The number of ether oxygens (including phenoxy) is 2. The molecular weight excluding hydrogens is 300 g/mol. The van der Waals surface area contributed by atoms with Crippen molar-refractivity contribution in [2.24, 2.45) is 0 Å². The molecule has 7 heteroatoms. The van der Waals surface area contributed by atoms with Crippen molar-refractivity contribution in [2.45, 2.75) is 6.54 Å². The van der Waals surface area contributed by atoms with Gasteiger partial charge in [0.1, 0.15) is 12.0 Å². The Bertz CT molecular complexity index is 730. The minimum absolute atomic E-state index is 0.143. The van der Waals surface area contributed by atoms with E-state index in [-0.39, 0.29) is 11.3 Å². The molecule has 0 unspecified atom stereocenters. The third kappa shape index (κ3) is 3.76. The Balaban J connectivity index is 2.21. The van der Waals surface area contributed by atoms with Gasteiger partial charge in [-0.25, -0.2) is 0 Å². The van der Waals surface area contributed by atoms with E-state index < -0.39 is 4.92 Å². The number of benzene rings is 2. The standard InChI is InChI=1S/C16H16N2O5/c1-22-15-6-4-11(8-16(15)23-2)9-17-13-5-3-12(10-19)7-14(13)18(20)21/h3-8,10,17H,9H2,1-2H3. The highest BCUT2D eigenvalue weighted by Gasteiger charge is 2.14. The number of methoxy groups -OCH3 is 2. The van der Waals surface area contributed by atoms with Crippen molar-refractivity contribution in [3.63, 3.8) is 0 Å². The molecule has 0 bridgehead atoms. The van der Waals surface area contributed by atoms with E-state index >= 15 is 0 Å². The zero-order valence-electron chi connectivity index (χ0n) is 12.7. The van der Waals surface area contributed by atoms with Crippen LogP contribution in [-0.2, 0) is 6.54 Å². The van der Waals surface area contributed by atoms with Crippen LogP contribution in [0.2, 0.25) is 0 Å². The molecular formula is C16H16N2O5. The summed E-state index contributed by atoms with van der Waals surface area (Å²) in [5.41, 5.74) is 1.33. The monoisotopic (exact) mass is 316 g/mol. The molecule has 0 aliphatic carbocycles. The van der Waals surface area contributed by atoms with Gasteiger partial charge in [-0.1, -0.05) is 6.07 Å². The molecule has 0 saturated carbocycles. The summed E-state index contributed by atoms with van der Waals surface area (Å²) in [6.45, 7) is 0.363. The van der Waals surface area contributed by atoms with E-state index in [1.165, 1.54) is 25.3 Å². The molecule has 0 fully saturated rings. The van der Waals surface area contributed by atoms with Crippen LogP contribution in [0.15, 0.2) is 36.4 Å². The number of aldehydes is 1. The predicted octanol–water partition coefficient (Wildman–Crippen LogP) is 3.04. The van der Waals surface area contributed by atoms with Gasteiger partial charge in [-0.2, -0.15) is 0 Å². The fraction of sp³-hybridized carbons (Fsp3) is 0.188. The second kappa shape index (κ2) is 7.26. The molecule has 23 heavy (non-hydrogen) atoms. The maximum Gasteiger partial charge on any atom is 0.293 e. The number of nitro groups is 1. The first-order valence-corrected chi connectivity index (χ1v) is 6.77. The number of hydrogen-bond acceptors (Lipinski definition) is 6. The Morgan fingerprint density at radius 2 is 1.87 bits per heavy atom. The Hall–Kier alpha value is -3.09. The zero-order chi connectivity index (χ0) is 16.8. The van der Waals surface area contributed by atoms with E-state index in [0.29, 0.717) is 30.0 Å². The van der Waals surface area contributed by atoms with Crippen LogP contribution >= 0.6 is 0 Å². The minimum Gasteiger partial charge on any atom is -0.493 e. The van der Waals surface area contributed by atoms with Gasteiger partial charge in [0.2, 0.25) is 0 Å². The van der Waals surface area contributed by atoms with Crippen molar-refractivity contribution in [1.82, 2.24) is 0 Å². The second-order valence-electron chi connectivity index (χ2n) is 4.69. The maximum atomic E-state index is 11.1. The number of carbonyl (C=O) groups excluding carboxylic acids is 1. The molecule has 0 amide bonds. The molecule has 120 valence electrons. The number of nitrogens with one attached hydrogen (secondary N) is 1. The molecule has 0 radical (unpaired) electrons. The summed E-state index contributed by atoms with van der Waals surface area (Å²) in [7, 11) is 3.09. The summed E-state index contributed by atoms with van der Waals surface area (Å²) >= 11 is 0. The molecule has 0 atom stereocenters. The first kappa shape index (κ1) is 16.3. The number of hydrogen-bond donors (Lipinski definition) is 1. The van der Waals surface area contributed by atoms with Crippen LogP contribution in [0.5, 0.6) is 11.5 Å². The lowest BCUT2D eigenvalue weighted by molar-refractivity contribution is -0.384. The average molecular weight is 316 g/mol. The van der Waals surface area contributed by atoms with Gasteiger partial charge in [-0.3, -0.25) is 14.9 Å². The lowest BCUT2D eigenvalue weighted by Gasteiger charge is -2.11. The highest BCUT2D eigenvalue weighted by Crippen LogP contribution is 2.29. The summed E-state index contributed by atoms with van der Waals surface area (Å²) in [5, 5.41) is 14.1. The highest BCUT2D eigenvalue weighted by molar-refractivity contribution is 5.79. The van der Waals surface area contributed by atoms with Crippen LogP contribution in [0, 0.1) is 10.1 Å². The lowest BCUT2D eigenvalue weighted by atomic mass is 10.1. The van der Waals surface area contributed by atoms with E-state index in [4.69, 9.17) is 9.47 Å². The van der Waals surface area contributed by atoms with Crippen LogP contribution in [-0.4, -0.2) is 25.4 Å². The maximum absolute atomic E-state index is 11.1. The predicted molar refractivity (Wildman–Crippen MR) is 85.4 cm³/mol. The number of rotatable bonds is 7. The Morgan fingerprint density at radius 1 is 1.13 bits per heavy atom. The third-order valence-electron chi connectivity index (χ3n) is 3.29. The fourth-order valence-electron chi connectivity index (χ4n) is 2.11. The first-order valence-electron chi connectivity index (χ1n) is 6.77. The van der Waals surface area contributed by atoms with Gasteiger partial charge in [-0.05, 0) is 29.8 Å². The van der Waals surface area contributed by atoms with Gasteiger partial charge in [0.15, 0.2) is 11.5 Å². The van der Waals surface area contributed by atoms with Gasteiger partial charge in [0.05, 0.1) is 19.1 Å². The van der Waals surface area contributed by atoms with Gasteiger partial charge < -0.3 is 14.8 Å². The van der Waals surface area contributed by atoms with Crippen LogP contribution in [0.25, 0.3) is 0 Å². The average Bonchev–Trinajstić information content (AvgIpc) is 2.59. The molecule has 2 aromatic rings. The van der Waals surface area contributed by atoms with E-state index in [1.54, 1.807) is 19.2 Å². The number of carbonyl (C=O) groups is 1. The molecule has 0 aliphatic rings. The van der Waals surface area contributed by atoms with Gasteiger partial charge in [0, 0.05) is 18.2 Å². The molecule has 2 rings (SSSR count). The van der Waals surface area contributed by atoms with Crippen molar-refractivity contribution in [3.05, 3.63) is 57.6 Å². The van der Waals surface area contributed by atoms with Crippen LogP contribution < -0.4 is 14.8 Å². The molecule has 1 N–H and O–H groups in total. The molecule has 0 spiro atoms. The highest BCUT2D eigenvalue weighted by atomic mass is 16.6. The zero-order valence-corrected chi connectivity index (χ0v) is 12.7. The van der Waals surface area contributed by atoms with Crippen LogP contribution in [0.3, 0.4) is 0 Å². The topological polar surface area (TPSA) is 90.7 Å². The molecule has 0 aliphatic heterocycles. The number of nitro benzene ring substituents is 1. The second-order valence-corrected chi connectivity index (χ2v) is 4.69. The van der Waals surface area contributed by atoms with E-state index in [1.807, 2.05) is 6.07 Å². The number of nitrogens with zero attached hydrogens (tertiary/aromatic N) is 1. The van der Waals surface area contributed by atoms with E-state index in [9.17, 15) is 14.9 Å². The Labute approximate surface area is 133 Å². The van der Waals surface area contributed by atoms with Gasteiger partial charge >= 0.3 is 0 Å². The third-order valence-corrected chi connectivity index (χ3v) is 3.29. The summed E-state index contributed by atoms with van der Waals surface area (Å²) in [5.74, 6) is 1.19. The van der Waals surface area contributed by atoms with Crippen molar-refractivity contribution in [1.29, 1.82) is 0 Å². The van der Waals surface area contributed by atoms with Crippen LogP contribution in [0.1, 0.15) is 15.9 Å². The fourth-order valence-corrected chi connectivity index (χ4v) is 2.11. The Kier molecular flexibility index (Phi) is 5.14. The summed E-state index contributed by atoms with van der Waals surface area (Å²) in [6, 6.07) is 9.67. The van der Waals surface area contributed by atoms with Gasteiger partial charge in [-0.15, -0.1) is 0 Å². The van der Waals surface area contributed by atoms with E-state index in [2.05, 4.69) is 5.32 Å². The molecule has 0 saturated heterocycles. The van der Waals surface area contributed by atoms with E-state index in [0.717, 1.165) is 5.56 Å². The van der Waals surface area contributed by atoms with Gasteiger partial charge in [0.25, 0.3) is 5.69 Å². The minimum atomic E-state index is -0.524. The Morgan fingerprint density at radius 3 is 2.48 bits per heavy atom. The summed E-state index contributed by atoms with van der Waals surface area (Å²) in [6.07, 6.45) is 0.575. The largest absolute Gasteiger partial charge is 0.493 e.